The molecule has 0 aliphatic carbocycles. The van der Waals surface area contributed by atoms with E-state index >= 15 is 0 Å². The Kier molecular flexibility index (Phi) is 4.96. The molecule has 0 saturated carbocycles. The van der Waals surface area contributed by atoms with Crippen LogP contribution in [-0.4, -0.2) is 35.4 Å². The molecule has 2 heterocycles. The van der Waals surface area contributed by atoms with Gasteiger partial charge in [-0.3, -0.25) is 4.90 Å². The number of hydrogen-bond donors (Lipinski definition) is 0. The predicted octanol–water partition coefficient (Wildman–Crippen LogP) is 3.91. The van der Waals surface area contributed by atoms with Gasteiger partial charge in [0.1, 0.15) is 11.5 Å². The van der Waals surface area contributed by atoms with Gasteiger partial charge in [-0.25, -0.2) is 4.68 Å². The number of benzene rings is 2. The molecule has 1 aliphatic heterocycles. The Labute approximate surface area is 162 Å². The van der Waals surface area contributed by atoms with Crippen molar-refractivity contribution in [2.45, 2.75) is 19.6 Å². The molecule has 2 aromatic carbocycles. The van der Waals surface area contributed by atoms with Crippen molar-refractivity contribution in [1.29, 1.82) is 0 Å². The minimum absolute atomic E-state index is 0.349. The Morgan fingerprint density at radius 1 is 1.11 bits per heavy atom. The largest absolute Gasteiger partial charge is 0.497 e. The SMILES string of the molecule is COc1ccc(-c2nn(CN3CCc4ccccc4C3)c(=S)o2)c(OC)c1. The fourth-order valence-corrected chi connectivity index (χ4v) is 3.52. The highest BCUT2D eigenvalue weighted by molar-refractivity contribution is 7.71. The van der Waals surface area contributed by atoms with Gasteiger partial charge in [0.05, 0.1) is 26.5 Å². The van der Waals surface area contributed by atoms with E-state index in [4.69, 9.17) is 26.1 Å². The topological polar surface area (TPSA) is 52.7 Å². The lowest BCUT2D eigenvalue weighted by Gasteiger charge is -2.28. The maximum absolute atomic E-state index is 5.75. The molecule has 0 bridgehead atoms. The molecule has 0 saturated heterocycles. The Hall–Kier alpha value is -2.64. The van der Waals surface area contributed by atoms with E-state index in [1.54, 1.807) is 25.0 Å². The van der Waals surface area contributed by atoms with E-state index in [9.17, 15) is 0 Å². The van der Waals surface area contributed by atoms with Crippen molar-refractivity contribution in [3.05, 3.63) is 58.4 Å². The minimum atomic E-state index is 0.349. The Bertz CT molecular complexity index is 1010. The van der Waals surface area contributed by atoms with Gasteiger partial charge in [0.2, 0.25) is 0 Å². The highest BCUT2D eigenvalue weighted by atomic mass is 32.1. The van der Waals surface area contributed by atoms with Crippen LogP contribution in [0.1, 0.15) is 11.1 Å². The van der Waals surface area contributed by atoms with Gasteiger partial charge < -0.3 is 13.9 Å². The normalized spacial score (nSPS) is 14.0. The van der Waals surface area contributed by atoms with Crippen LogP contribution < -0.4 is 9.47 Å². The van der Waals surface area contributed by atoms with Crippen LogP contribution in [0, 0.1) is 4.84 Å². The number of aromatic nitrogens is 2. The number of methoxy groups -OCH3 is 2. The third kappa shape index (κ3) is 3.61. The van der Waals surface area contributed by atoms with Crippen LogP contribution in [0.25, 0.3) is 11.5 Å². The minimum Gasteiger partial charge on any atom is -0.497 e. The van der Waals surface area contributed by atoms with Gasteiger partial charge in [0.25, 0.3) is 10.7 Å². The van der Waals surface area contributed by atoms with Crippen LogP contribution in [0.5, 0.6) is 11.5 Å². The van der Waals surface area contributed by atoms with E-state index in [1.807, 2.05) is 12.1 Å². The summed E-state index contributed by atoms with van der Waals surface area (Å²) in [6.45, 7) is 2.44. The summed E-state index contributed by atoms with van der Waals surface area (Å²) in [5.74, 6) is 1.78. The fraction of sp³-hybridized carbons (Fsp3) is 0.300. The maximum Gasteiger partial charge on any atom is 0.288 e. The molecule has 0 radical (unpaired) electrons. The molecule has 6 nitrogen and oxygen atoms in total. The Morgan fingerprint density at radius 3 is 2.70 bits per heavy atom. The number of hydrogen-bond acceptors (Lipinski definition) is 6. The van der Waals surface area contributed by atoms with Gasteiger partial charge in [-0.2, -0.15) is 0 Å². The van der Waals surface area contributed by atoms with E-state index in [2.05, 4.69) is 34.3 Å². The zero-order valence-electron chi connectivity index (χ0n) is 15.3. The molecule has 0 N–H and O–H groups in total. The summed E-state index contributed by atoms with van der Waals surface area (Å²) in [4.78, 5) is 2.66. The van der Waals surface area contributed by atoms with Crippen molar-refractivity contribution in [2.75, 3.05) is 20.8 Å². The highest BCUT2D eigenvalue weighted by Gasteiger charge is 2.19. The van der Waals surface area contributed by atoms with E-state index in [-0.39, 0.29) is 0 Å². The maximum atomic E-state index is 5.75. The summed E-state index contributed by atoms with van der Waals surface area (Å²) in [6, 6.07) is 14.1. The molecule has 0 atom stereocenters. The molecule has 27 heavy (non-hydrogen) atoms. The van der Waals surface area contributed by atoms with Crippen LogP contribution in [0.4, 0.5) is 0 Å². The van der Waals surface area contributed by atoms with Crippen molar-refractivity contribution < 1.29 is 13.9 Å². The summed E-state index contributed by atoms with van der Waals surface area (Å²) in [5, 5.41) is 4.58. The second-order valence-electron chi connectivity index (χ2n) is 6.45. The second kappa shape index (κ2) is 7.54. The van der Waals surface area contributed by atoms with Crippen molar-refractivity contribution in [2.24, 2.45) is 0 Å². The van der Waals surface area contributed by atoms with E-state index < -0.39 is 0 Å². The first kappa shape index (κ1) is 17.8. The van der Waals surface area contributed by atoms with E-state index in [0.29, 0.717) is 28.9 Å². The molecule has 1 aliphatic rings. The Morgan fingerprint density at radius 2 is 1.93 bits per heavy atom. The molecule has 7 heteroatoms. The standard InChI is InChI=1S/C20H21N3O3S/c1-24-16-7-8-17(18(11-16)25-2)19-21-23(20(27)26-19)13-22-10-9-14-5-3-4-6-15(14)12-22/h3-8,11H,9-10,12-13H2,1-2H3. The molecule has 0 amide bonds. The smallest absolute Gasteiger partial charge is 0.288 e. The molecule has 0 fully saturated rings. The molecule has 140 valence electrons. The summed E-state index contributed by atoms with van der Waals surface area (Å²) in [5.41, 5.74) is 3.52. The predicted molar refractivity (Wildman–Crippen MR) is 104 cm³/mol. The lowest BCUT2D eigenvalue weighted by molar-refractivity contribution is 0.186. The van der Waals surface area contributed by atoms with Gasteiger partial charge in [-0.15, -0.1) is 5.10 Å². The summed E-state index contributed by atoms with van der Waals surface area (Å²) in [6.07, 6.45) is 1.03. The lowest BCUT2D eigenvalue weighted by atomic mass is 10.0. The van der Waals surface area contributed by atoms with Crippen molar-refractivity contribution in [3.63, 3.8) is 0 Å². The van der Waals surface area contributed by atoms with E-state index in [0.717, 1.165) is 25.1 Å². The average Bonchev–Trinajstić information content (AvgIpc) is 3.07. The third-order valence-corrected chi connectivity index (χ3v) is 5.08. The van der Waals surface area contributed by atoms with Gasteiger partial charge in [0.15, 0.2) is 0 Å². The van der Waals surface area contributed by atoms with Crippen LogP contribution in [0.3, 0.4) is 0 Å². The summed E-state index contributed by atoms with van der Waals surface area (Å²) < 4.78 is 18.2. The van der Waals surface area contributed by atoms with Gasteiger partial charge in [-0.1, -0.05) is 24.3 Å². The van der Waals surface area contributed by atoms with Gasteiger partial charge in [-0.05, 0) is 41.9 Å². The molecule has 4 rings (SSSR count). The number of fused-ring (bicyclic) bond motifs is 1. The third-order valence-electron chi connectivity index (χ3n) is 4.79. The van der Waals surface area contributed by atoms with Crippen molar-refractivity contribution >= 4 is 12.2 Å². The van der Waals surface area contributed by atoms with Crippen LogP contribution in [0.2, 0.25) is 0 Å². The molecule has 1 aromatic heterocycles. The molecular weight excluding hydrogens is 362 g/mol. The quantitative estimate of drug-likeness (QED) is 0.623. The van der Waals surface area contributed by atoms with Crippen molar-refractivity contribution in [1.82, 2.24) is 14.7 Å². The summed E-state index contributed by atoms with van der Waals surface area (Å²) >= 11 is 5.39. The first-order valence-corrected chi connectivity index (χ1v) is 9.18. The lowest BCUT2D eigenvalue weighted by Crippen LogP contribution is -2.32. The van der Waals surface area contributed by atoms with Crippen LogP contribution in [0.15, 0.2) is 46.9 Å². The number of ether oxygens (including phenoxy) is 2. The zero-order chi connectivity index (χ0) is 18.8. The van der Waals surface area contributed by atoms with Gasteiger partial charge >= 0.3 is 0 Å². The number of nitrogens with zero attached hydrogens (tertiary/aromatic N) is 3. The van der Waals surface area contributed by atoms with Crippen LogP contribution >= 0.6 is 12.2 Å². The average molecular weight is 383 g/mol. The number of rotatable bonds is 5. The Balaban J connectivity index is 1.57. The van der Waals surface area contributed by atoms with E-state index in [1.165, 1.54) is 11.1 Å². The molecule has 0 unspecified atom stereocenters. The zero-order valence-corrected chi connectivity index (χ0v) is 16.2. The molecular formula is C20H21N3O3S. The van der Waals surface area contributed by atoms with Crippen molar-refractivity contribution in [3.8, 4) is 23.0 Å². The molecule has 0 spiro atoms. The highest BCUT2D eigenvalue weighted by Crippen LogP contribution is 2.32. The monoisotopic (exact) mass is 383 g/mol. The molecule has 3 aromatic rings. The van der Waals surface area contributed by atoms with Gasteiger partial charge in [0, 0.05) is 19.2 Å². The second-order valence-corrected chi connectivity index (χ2v) is 6.80. The first-order chi connectivity index (χ1) is 13.2. The first-order valence-electron chi connectivity index (χ1n) is 8.77. The fourth-order valence-electron chi connectivity index (χ4n) is 3.34. The van der Waals surface area contributed by atoms with Crippen LogP contribution in [-0.2, 0) is 19.6 Å². The summed E-state index contributed by atoms with van der Waals surface area (Å²) in [7, 11) is 3.22.